The summed E-state index contributed by atoms with van der Waals surface area (Å²) in [6, 6.07) is 29.5. The van der Waals surface area contributed by atoms with Crippen molar-refractivity contribution in [1.29, 1.82) is 0 Å². The number of benzene rings is 2. The average molecular weight is 816 g/mol. The predicted molar refractivity (Wildman–Crippen MR) is 194 cm³/mol. The summed E-state index contributed by atoms with van der Waals surface area (Å²) in [7, 11) is -1.36. The van der Waals surface area contributed by atoms with E-state index in [1.54, 1.807) is 10.8 Å². The third-order valence-corrected chi connectivity index (χ3v) is 11.0. The molecule has 0 saturated heterocycles. The Hall–Kier alpha value is -3.44. The third kappa shape index (κ3) is 8.35. The molecular formula is C41H45IrN3OSi-2. The van der Waals surface area contributed by atoms with E-state index >= 15 is 0 Å². The number of nitrogens with zero attached hydrogens (tertiary/aromatic N) is 3. The normalized spacial score (nSPS) is 13.8. The Kier molecular flexibility index (Phi) is 11.3. The number of hydrogen-bond acceptors (Lipinski definition) is 4. The van der Waals surface area contributed by atoms with Gasteiger partial charge in [-0.1, -0.05) is 81.4 Å². The van der Waals surface area contributed by atoms with Gasteiger partial charge < -0.3 is 14.4 Å². The molecule has 1 saturated carbocycles. The smallest absolute Gasteiger partial charge is 0.216 e. The Labute approximate surface area is 294 Å². The Balaban J connectivity index is 0.000000181. The monoisotopic (exact) mass is 816 g/mol. The first-order chi connectivity index (χ1) is 22.2. The van der Waals surface area contributed by atoms with Crippen LogP contribution in [0, 0.1) is 25.0 Å². The molecule has 4 heterocycles. The van der Waals surface area contributed by atoms with Crippen molar-refractivity contribution in [1.82, 2.24) is 15.0 Å². The van der Waals surface area contributed by atoms with E-state index in [1.807, 2.05) is 37.4 Å². The van der Waals surface area contributed by atoms with E-state index in [0.29, 0.717) is 11.6 Å². The van der Waals surface area contributed by atoms with Crippen molar-refractivity contribution in [2.45, 2.75) is 84.9 Å². The number of furan rings is 1. The Bertz CT molecular complexity index is 1940. The number of pyridine rings is 3. The second kappa shape index (κ2) is 15.2. The van der Waals surface area contributed by atoms with Gasteiger partial charge in [0.2, 0.25) is 5.71 Å². The number of aryl methyl sites for hydroxylation is 1. The quantitative estimate of drug-likeness (QED) is 0.124. The molecule has 4 aromatic heterocycles. The topological polar surface area (TPSA) is 51.8 Å². The predicted octanol–water partition coefficient (Wildman–Crippen LogP) is 10.5. The number of aromatic nitrogens is 3. The largest absolute Gasteiger partial charge is 0.486 e. The van der Waals surface area contributed by atoms with Crippen LogP contribution in [0.2, 0.25) is 19.6 Å². The summed E-state index contributed by atoms with van der Waals surface area (Å²) in [4.78, 5) is 13.8. The summed E-state index contributed by atoms with van der Waals surface area (Å²) in [6.45, 7) is 13.7. The van der Waals surface area contributed by atoms with E-state index in [1.165, 1.54) is 37.7 Å². The molecule has 47 heavy (non-hydrogen) atoms. The van der Waals surface area contributed by atoms with E-state index in [9.17, 15) is 0 Å². The van der Waals surface area contributed by atoms with Gasteiger partial charge in [0.1, 0.15) is 0 Å². The van der Waals surface area contributed by atoms with Crippen molar-refractivity contribution in [2.75, 3.05) is 0 Å². The van der Waals surface area contributed by atoms with Crippen molar-refractivity contribution in [3.63, 3.8) is 0 Å². The molecule has 6 heteroatoms. The van der Waals surface area contributed by atoms with Crippen LogP contribution < -0.4 is 5.19 Å². The summed E-state index contributed by atoms with van der Waals surface area (Å²) in [5.41, 5.74) is 9.46. The van der Waals surface area contributed by atoms with Crippen molar-refractivity contribution in [3.8, 4) is 22.5 Å². The number of hydrogen-bond donors (Lipinski definition) is 0. The standard InChI is InChI=1S/C21H19N2O.C20H26NSi.Ir/c1-13(2)10-15-8-9-22-19(11-15)16-5-7-20-18(12-16)17-6-4-14(3)23-21(17)24-20;1-22(2,3)20-15-21-19(17-12-8-5-9-13-17)14-18(20)16-10-6-4-7-11-16;/h4,6-9,11-13H,10H2,1-3H3;5,8-9,12,14-16H,4,6-7,10-11H2,1-3H3;/q2*-1;. The van der Waals surface area contributed by atoms with Crippen LogP contribution in [0.1, 0.15) is 68.7 Å². The first-order valence-corrected chi connectivity index (χ1v) is 20.3. The van der Waals surface area contributed by atoms with E-state index in [2.05, 4.69) is 104 Å². The van der Waals surface area contributed by atoms with Crippen LogP contribution in [-0.4, -0.2) is 23.0 Å². The zero-order chi connectivity index (χ0) is 32.3. The maximum Gasteiger partial charge on any atom is 0.216 e. The fourth-order valence-corrected chi connectivity index (χ4v) is 8.20. The summed E-state index contributed by atoms with van der Waals surface area (Å²) in [5.74, 6) is 1.36. The zero-order valence-electron chi connectivity index (χ0n) is 28.5. The van der Waals surface area contributed by atoms with Gasteiger partial charge in [-0.3, -0.25) is 0 Å². The molecule has 2 aromatic carbocycles. The minimum absolute atomic E-state index is 0. The molecule has 0 atom stereocenters. The van der Waals surface area contributed by atoms with Crippen LogP contribution in [0.15, 0.2) is 83.5 Å². The van der Waals surface area contributed by atoms with Gasteiger partial charge in [-0.25, -0.2) is 4.98 Å². The molecule has 0 unspecified atom stereocenters. The fourth-order valence-electron chi connectivity index (χ4n) is 6.61. The maximum atomic E-state index is 5.84. The minimum atomic E-state index is -1.36. The molecule has 1 aliphatic rings. The van der Waals surface area contributed by atoms with Gasteiger partial charge in [0.05, 0.1) is 13.7 Å². The first kappa shape index (κ1) is 34.9. The summed E-state index contributed by atoms with van der Waals surface area (Å²) in [5, 5.41) is 3.64. The Morgan fingerprint density at radius 2 is 1.66 bits per heavy atom. The van der Waals surface area contributed by atoms with Crippen LogP contribution in [0.5, 0.6) is 0 Å². The van der Waals surface area contributed by atoms with Gasteiger partial charge in [0, 0.05) is 43.6 Å². The molecule has 4 nitrogen and oxygen atoms in total. The van der Waals surface area contributed by atoms with E-state index < -0.39 is 8.07 Å². The van der Waals surface area contributed by atoms with Crippen LogP contribution in [0.3, 0.4) is 0 Å². The minimum Gasteiger partial charge on any atom is -0.486 e. The summed E-state index contributed by atoms with van der Waals surface area (Å²) in [6.07, 6.45) is 12.0. The van der Waals surface area contributed by atoms with Crippen molar-refractivity contribution < 1.29 is 24.5 Å². The first-order valence-electron chi connectivity index (χ1n) is 16.8. The molecule has 1 aliphatic carbocycles. The molecule has 0 bridgehead atoms. The molecule has 6 aromatic rings. The summed E-state index contributed by atoms with van der Waals surface area (Å²) >= 11 is 0. The average Bonchev–Trinajstić information content (AvgIpc) is 3.42. The van der Waals surface area contributed by atoms with Gasteiger partial charge in [0.15, 0.2) is 0 Å². The van der Waals surface area contributed by atoms with Crippen molar-refractivity contribution >= 4 is 35.3 Å². The molecule has 1 fully saturated rings. The zero-order valence-corrected chi connectivity index (χ0v) is 31.9. The molecule has 245 valence electrons. The SMILES string of the molecule is C[Si](C)(C)c1cnc(-c2[c-]cccc2)cc1C1CCCCC1.Cc1ccc2c(n1)oc1c[c-]c(-c3cc(CC(C)C)ccn3)cc12.[Ir]. The van der Waals surface area contributed by atoms with Crippen LogP contribution >= 0.6 is 0 Å². The van der Waals surface area contributed by atoms with Crippen LogP contribution in [0.25, 0.3) is 44.6 Å². The molecule has 0 N–H and O–H groups in total. The van der Waals surface area contributed by atoms with Crippen LogP contribution in [-0.2, 0) is 26.5 Å². The van der Waals surface area contributed by atoms with Gasteiger partial charge in [0.25, 0.3) is 0 Å². The third-order valence-electron chi connectivity index (χ3n) is 8.93. The molecular weight excluding hydrogens is 771 g/mol. The van der Waals surface area contributed by atoms with Crippen molar-refractivity contribution in [3.05, 3.63) is 108 Å². The molecule has 0 aliphatic heterocycles. The second-order valence-corrected chi connectivity index (χ2v) is 19.2. The van der Waals surface area contributed by atoms with Gasteiger partial charge >= 0.3 is 0 Å². The molecule has 0 amide bonds. The van der Waals surface area contributed by atoms with E-state index in [4.69, 9.17) is 9.40 Å². The number of fused-ring (bicyclic) bond motifs is 3. The Morgan fingerprint density at radius 3 is 2.38 bits per heavy atom. The maximum absolute atomic E-state index is 5.84. The van der Waals surface area contributed by atoms with Gasteiger partial charge in [-0.2, -0.15) is 0 Å². The Morgan fingerprint density at radius 1 is 0.872 bits per heavy atom. The van der Waals surface area contributed by atoms with Gasteiger partial charge in [-0.15, -0.1) is 59.7 Å². The van der Waals surface area contributed by atoms with Crippen LogP contribution in [0.4, 0.5) is 0 Å². The van der Waals surface area contributed by atoms with Crippen molar-refractivity contribution in [2.24, 2.45) is 5.92 Å². The molecule has 0 spiro atoms. The van der Waals surface area contributed by atoms with E-state index in [0.717, 1.165) is 56.9 Å². The fraction of sp³-hybridized carbons (Fsp3) is 0.341. The molecule has 1 radical (unpaired) electrons. The second-order valence-electron chi connectivity index (χ2n) is 14.2. The molecule has 7 rings (SSSR count). The summed E-state index contributed by atoms with van der Waals surface area (Å²) < 4.78 is 5.84. The number of rotatable bonds is 6. The van der Waals surface area contributed by atoms with E-state index in [-0.39, 0.29) is 20.1 Å². The van der Waals surface area contributed by atoms with Gasteiger partial charge in [-0.05, 0) is 72.8 Å².